The summed E-state index contributed by atoms with van der Waals surface area (Å²) in [6, 6.07) is 61.0. The molecule has 0 aromatic heterocycles. The van der Waals surface area contributed by atoms with E-state index in [1.807, 2.05) is 0 Å². The Labute approximate surface area is 328 Å². The molecule has 0 fully saturated rings. The largest absolute Gasteiger partial charge is 0.310 e. The molecule has 0 aliphatic heterocycles. The van der Waals surface area contributed by atoms with Crippen molar-refractivity contribution in [3.8, 4) is 44.5 Å². The minimum absolute atomic E-state index is 0.00493. The first-order valence-electron chi connectivity index (χ1n) is 19.9. The first-order chi connectivity index (χ1) is 26.3. The molecule has 0 atom stereocenters. The molecule has 0 heterocycles. The van der Waals surface area contributed by atoms with E-state index in [4.69, 9.17) is 0 Å². The Morgan fingerprint density at radius 1 is 0.291 bits per heavy atom. The zero-order chi connectivity index (χ0) is 38.3. The predicted octanol–water partition coefficient (Wildman–Crippen LogP) is 15.0. The number of anilines is 3. The molecular formula is C54H51N. The lowest BCUT2D eigenvalue weighted by Gasteiger charge is -2.49. The summed E-state index contributed by atoms with van der Waals surface area (Å²) in [7, 11) is 0. The Morgan fingerprint density at radius 2 is 0.764 bits per heavy atom. The van der Waals surface area contributed by atoms with Crippen LogP contribution in [0.5, 0.6) is 0 Å². The van der Waals surface area contributed by atoms with E-state index in [-0.39, 0.29) is 21.7 Å². The minimum atomic E-state index is -0.0838. The molecule has 0 amide bonds. The van der Waals surface area contributed by atoms with Crippen LogP contribution < -0.4 is 4.90 Å². The first kappa shape index (κ1) is 35.1. The second-order valence-corrected chi connectivity index (χ2v) is 17.9. The van der Waals surface area contributed by atoms with Crippen molar-refractivity contribution in [1.29, 1.82) is 0 Å². The van der Waals surface area contributed by atoms with Crippen molar-refractivity contribution in [3.63, 3.8) is 0 Å². The average Bonchev–Trinajstić information content (AvgIpc) is 3.20. The van der Waals surface area contributed by atoms with Crippen molar-refractivity contribution in [1.82, 2.24) is 0 Å². The van der Waals surface area contributed by atoms with Gasteiger partial charge in [-0.25, -0.2) is 0 Å². The highest BCUT2D eigenvalue weighted by Gasteiger charge is 2.48. The standard InChI is InChI=1S/C54H51N/c1-51(2)47-28-16-15-25-43(47)46-35-41(30-32-49(46)52(51,3)4)55(39-22-13-10-14-23-39)40-24-17-21-37(33-40)38-29-31-48-45(34-38)44-27-18-26-42(36-19-11-9-12-20-36)50(44)54(7,8)53(48,5)6/h9-35H,1-8H3. The van der Waals surface area contributed by atoms with Crippen LogP contribution >= 0.6 is 0 Å². The van der Waals surface area contributed by atoms with Crippen LogP contribution in [-0.4, -0.2) is 0 Å². The van der Waals surface area contributed by atoms with Crippen LogP contribution in [0.4, 0.5) is 17.1 Å². The topological polar surface area (TPSA) is 3.24 Å². The predicted molar refractivity (Wildman–Crippen MR) is 235 cm³/mol. The fourth-order valence-electron chi connectivity index (χ4n) is 9.67. The molecule has 1 heteroatoms. The molecule has 0 saturated heterocycles. The molecule has 272 valence electrons. The number of rotatable bonds is 5. The van der Waals surface area contributed by atoms with Crippen molar-refractivity contribution >= 4 is 17.1 Å². The van der Waals surface area contributed by atoms with Gasteiger partial charge in [0.15, 0.2) is 0 Å². The highest BCUT2D eigenvalue weighted by molar-refractivity contribution is 5.89. The smallest absolute Gasteiger partial charge is 0.0468 e. The lowest BCUT2D eigenvalue weighted by molar-refractivity contribution is 0.299. The Bertz CT molecular complexity index is 2590. The SMILES string of the molecule is CC1(C)c2ccccc2-c2cc(N(c3ccccc3)c3cccc(-c4ccc5c(c4)-c4cccc(-c6ccccc6)c4C(C)(C)C5(C)C)c3)ccc2C1(C)C. The monoisotopic (exact) mass is 713 g/mol. The molecule has 7 aromatic carbocycles. The third kappa shape index (κ3) is 5.20. The van der Waals surface area contributed by atoms with Gasteiger partial charge in [-0.15, -0.1) is 0 Å². The molecule has 2 aliphatic carbocycles. The van der Waals surface area contributed by atoms with Crippen molar-refractivity contribution in [2.45, 2.75) is 77.0 Å². The number of hydrogen-bond acceptors (Lipinski definition) is 1. The second kappa shape index (κ2) is 12.4. The van der Waals surface area contributed by atoms with Crippen molar-refractivity contribution in [3.05, 3.63) is 186 Å². The summed E-state index contributed by atoms with van der Waals surface area (Å²) in [6.07, 6.45) is 0. The summed E-state index contributed by atoms with van der Waals surface area (Å²) in [6.45, 7) is 19.3. The maximum absolute atomic E-state index is 2.45. The van der Waals surface area contributed by atoms with Gasteiger partial charge in [-0.3, -0.25) is 0 Å². The Kier molecular flexibility index (Phi) is 7.93. The third-order valence-electron chi connectivity index (χ3n) is 14.2. The Morgan fingerprint density at radius 3 is 1.49 bits per heavy atom. The van der Waals surface area contributed by atoms with E-state index in [0.29, 0.717) is 0 Å². The molecule has 0 spiro atoms. The molecule has 0 unspecified atom stereocenters. The summed E-state index contributed by atoms with van der Waals surface area (Å²) < 4.78 is 0. The van der Waals surface area contributed by atoms with Crippen LogP contribution in [0.2, 0.25) is 0 Å². The van der Waals surface area contributed by atoms with E-state index in [2.05, 4.69) is 224 Å². The van der Waals surface area contributed by atoms with Gasteiger partial charge in [0.2, 0.25) is 0 Å². The van der Waals surface area contributed by atoms with Gasteiger partial charge in [-0.1, -0.05) is 177 Å². The van der Waals surface area contributed by atoms with E-state index in [0.717, 1.165) is 17.1 Å². The number of para-hydroxylation sites is 1. The lowest BCUT2D eigenvalue weighted by Crippen LogP contribution is -2.44. The van der Waals surface area contributed by atoms with Crippen molar-refractivity contribution < 1.29 is 0 Å². The maximum atomic E-state index is 2.45. The number of benzene rings is 7. The van der Waals surface area contributed by atoms with Gasteiger partial charge < -0.3 is 4.90 Å². The van der Waals surface area contributed by atoms with Crippen LogP contribution in [0, 0.1) is 0 Å². The fourth-order valence-corrected chi connectivity index (χ4v) is 9.67. The summed E-state index contributed by atoms with van der Waals surface area (Å²) >= 11 is 0. The van der Waals surface area contributed by atoms with Crippen LogP contribution in [0.25, 0.3) is 44.5 Å². The lowest BCUT2D eigenvalue weighted by atomic mass is 9.54. The third-order valence-corrected chi connectivity index (χ3v) is 14.2. The summed E-state index contributed by atoms with van der Waals surface area (Å²) in [4.78, 5) is 2.42. The van der Waals surface area contributed by atoms with Gasteiger partial charge in [0, 0.05) is 22.5 Å². The number of fused-ring (bicyclic) bond motifs is 6. The average molecular weight is 714 g/mol. The number of nitrogens with zero attached hydrogens (tertiary/aromatic N) is 1. The van der Waals surface area contributed by atoms with Crippen LogP contribution in [0.1, 0.15) is 77.6 Å². The summed E-state index contributed by atoms with van der Waals surface area (Å²) in [5, 5.41) is 0. The van der Waals surface area contributed by atoms with Gasteiger partial charge >= 0.3 is 0 Å². The molecule has 0 N–H and O–H groups in total. The van der Waals surface area contributed by atoms with Gasteiger partial charge in [0.25, 0.3) is 0 Å². The molecule has 55 heavy (non-hydrogen) atoms. The van der Waals surface area contributed by atoms with E-state index < -0.39 is 0 Å². The summed E-state index contributed by atoms with van der Waals surface area (Å²) in [5.41, 5.74) is 19.2. The molecule has 1 nitrogen and oxygen atoms in total. The zero-order valence-corrected chi connectivity index (χ0v) is 33.5. The fraction of sp³-hybridized carbons (Fsp3) is 0.222. The van der Waals surface area contributed by atoms with E-state index >= 15 is 0 Å². The van der Waals surface area contributed by atoms with E-state index in [9.17, 15) is 0 Å². The molecule has 0 saturated carbocycles. The normalized spacial score (nSPS) is 16.6. The van der Waals surface area contributed by atoms with Gasteiger partial charge in [0.05, 0.1) is 0 Å². The molecule has 2 aliphatic rings. The molecule has 9 rings (SSSR count). The van der Waals surface area contributed by atoms with Crippen LogP contribution in [0.3, 0.4) is 0 Å². The van der Waals surface area contributed by atoms with Gasteiger partial charge in [-0.2, -0.15) is 0 Å². The van der Waals surface area contributed by atoms with Gasteiger partial charge in [0.1, 0.15) is 0 Å². The Balaban J connectivity index is 1.19. The van der Waals surface area contributed by atoms with Crippen molar-refractivity contribution in [2.75, 3.05) is 4.90 Å². The Hall–Kier alpha value is -5.66. The quantitative estimate of drug-likeness (QED) is 0.172. The molecular weight excluding hydrogens is 663 g/mol. The van der Waals surface area contributed by atoms with Gasteiger partial charge in [-0.05, 0) is 125 Å². The first-order valence-corrected chi connectivity index (χ1v) is 19.9. The maximum Gasteiger partial charge on any atom is 0.0468 e. The van der Waals surface area contributed by atoms with E-state index in [1.54, 1.807) is 0 Å². The zero-order valence-electron chi connectivity index (χ0n) is 33.5. The van der Waals surface area contributed by atoms with E-state index in [1.165, 1.54) is 66.8 Å². The molecule has 7 aromatic rings. The van der Waals surface area contributed by atoms with Crippen LogP contribution in [-0.2, 0) is 21.7 Å². The summed E-state index contributed by atoms with van der Waals surface area (Å²) in [5.74, 6) is 0. The van der Waals surface area contributed by atoms with Crippen molar-refractivity contribution in [2.24, 2.45) is 0 Å². The minimum Gasteiger partial charge on any atom is -0.310 e. The second-order valence-electron chi connectivity index (χ2n) is 17.9. The highest BCUT2D eigenvalue weighted by Crippen LogP contribution is 2.57. The number of hydrogen-bond donors (Lipinski definition) is 0. The highest BCUT2D eigenvalue weighted by atomic mass is 15.1. The molecule has 0 bridgehead atoms. The van der Waals surface area contributed by atoms with Crippen LogP contribution in [0.15, 0.2) is 164 Å². The molecule has 0 radical (unpaired) electrons.